The number of nitrogens with one attached hydrogen (secondary N) is 1. The Hall–Kier alpha value is -1.88. The number of hydrogen-bond acceptors (Lipinski definition) is 3. The van der Waals surface area contributed by atoms with Crippen LogP contribution in [0.15, 0.2) is 24.3 Å². The van der Waals surface area contributed by atoms with E-state index in [9.17, 15) is 9.59 Å². The van der Waals surface area contributed by atoms with E-state index in [2.05, 4.69) is 48.3 Å². The second kappa shape index (κ2) is 9.36. The summed E-state index contributed by atoms with van der Waals surface area (Å²) < 4.78 is 0. The van der Waals surface area contributed by atoms with E-state index in [-0.39, 0.29) is 11.8 Å². The molecule has 5 nitrogen and oxygen atoms in total. The summed E-state index contributed by atoms with van der Waals surface area (Å²) >= 11 is 0. The van der Waals surface area contributed by atoms with Gasteiger partial charge in [0, 0.05) is 45.6 Å². The summed E-state index contributed by atoms with van der Waals surface area (Å²) in [6.45, 7) is 9.23. The normalized spacial score (nSPS) is 19.0. The molecule has 2 amide bonds. The summed E-state index contributed by atoms with van der Waals surface area (Å²) in [6.07, 6.45) is 3.36. The first-order chi connectivity index (χ1) is 13.1. The maximum absolute atomic E-state index is 12.4. The van der Waals surface area contributed by atoms with Gasteiger partial charge in [0.1, 0.15) is 0 Å². The van der Waals surface area contributed by atoms with Crippen molar-refractivity contribution >= 4 is 11.8 Å². The molecule has 0 spiro atoms. The number of nitrogens with zero attached hydrogens (tertiary/aromatic N) is 2. The van der Waals surface area contributed by atoms with Crippen molar-refractivity contribution < 1.29 is 9.59 Å². The van der Waals surface area contributed by atoms with Crippen LogP contribution in [0, 0.1) is 12.8 Å². The molecule has 0 bridgehead atoms. The fourth-order valence-corrected chi connectivity index (χ4v) is 3.92. The van der Waals surface area contributed by atoms with Gasteiger partial charge in [-0.05, 0) is 43.7 Å². The fraction of sp³-hybridized carbons (Fsp3) is 0.636. The highest BCUT2D eigenvalue weighted by molar-refractivity contribution is 5.79. The highest BCUT2D eigenvalue weighted by Crippen LogP contribution is 2.44. The van der Waals surface area contributed by atoms with Crippen molar-refractivity contribution in [3.8, 4) is 0 Å². The van der Waals surface area contributed by atoms with Gasteiger partial charge in [-0.3, -0.25) is 9.59 Å². The number of likely N-dealkylation sites (N-methyl/N-ethyl adjacent to an activating group) is 1. The van der Waals surface area contributed by atoms with E-state index in [1.54, 1.807) is 0 Å². The van der Waals surface area contributed by atoms with E-state index in [1.807, 2.05) is 4.90 Å². The van der Waals surface area contributed by atoms with Gasteiger partial charge >= 0.3 is 0 Å². The Morgan fingerprint density at radius 1 is 1.11 bits per heavy atom. The third kappa shape index (κ3) is 5.80. The second-order valence-corrected chi connectivity index (χ2v) is 7.97. The molecule has 2 fully saturated rings. The van der Waals surface area contributed by atoms with Crippen molar-refractivity contribution in [1.82, 2.24) is 15.1 Å². The minimum absolute atomic E-state index is 0.0658. The molecule has 1 atom stereocenters. The Kier molecular flexibility index (Phi) is 6.89. The second-order valence-electron chi connectivity index (χ2n) is 7.97. The molecule has 1 aromatic rings. The van der Waals surface area contributed by atoms with E-state index in [4.69, 9.17) is 0 Å². The van der Waals surface area contributed by atoms with Gasteiger partial charge in [0.2, 0.25) is 11.8 Å². The Balaban J connectivity index is 1.41. The quantitative estimate of drug-likeness (QED) is 0.764. The lowest BCUT2D eigenvalue weighted by atomic mass is 9.90. The van der Waals surface area contributed by atoms with Gasteiger partial charge in [-0.15, -0.1) is 0 Å². The van der Waals surface area contributed by atoms with Crippen LogP contribution in [0.3, 0.4) is 0 Å². The van der Waals surface area contributed by atoms with E-state index in [1.165, 1.54) is 24.0 Å². The van der Waals surface area contributed by atoms with Gasteiger partial charge in [0.25, 0.3) is 0 Å². The van der Waals surface area contributed by atoms with Crippen molar-refractivity contribution in [2.45, 2.75) is 45.4 Å². The van der Waals surface area contributed by atoms with Crippen LogP contribution in [0.4, 0.5) is 0 Å². The maximum Gasteiger partial charge on any atom is 0.224 e. The first kappa shape index (κ1) is 19.9. The molecule has 2 aliphatic rings. The molecule has 27 heavy (non-hydrogen) atoms. The van der Waals surface area contributed by atoms with Crippen LogP contribution in [0.5, 0.6) is 0 Å². The smallest absolute Gasteiger partial charge is 0.224 e. The molecule has 3 rings (SSSR count). The Labute approximate surface area is 163 Å². The van der Waals surface area contributed by atoms with E-state index >= 15 is 0 Å². The van der Waals surface area contributed by atoms with Crippen LogP contribution >= 0.6 is 0 Å². The van der Waals surface area contributed by atoms with Crippen LogP contribution in [0.1, 0.15) is 49.7 Å². The Bertz CT molecular complexity index is 631. The monoisotopic (exact) mass is 371 g/mol. The number of benzene rings is 1. The number of piperazine rings is 1. The van der Waals surface area contributed by atoms with Crippen molar-refractivity contribution in [3.63, 3.8) is 0 Å². The van der Waals surface area contributed by atoms with Crippen LogP contribution in [-0.2, 0) is 9.59 Å². The maximum atomic E-state index is 12.4. The van der Waals surface area contributed by atoms with Crippen LogP contribution in [0.2, 0.25) is 0 Å². The summed E-state index contributed by atoms with van der Waals surface area (Å²) in [4.78, 5) is 29.0. The highest BCUT2D eigenvalue weighted by Gasteiger charge is 2.33. The number of carbonyl (C=O) groups is 2. The SMILES string of the molecule is CCN1CCN(C(=O)CCNC(=O)CC(c2ccc(C)cc2)C2CC2)CC1. The molecule has 0 radical (unpaired) electrons. The van der Waals surface area contributed by atoms with Crippen molar-refractivity contribution in [3.05, 3.63) is 35.4 Å². The Morgan fingerprint density at radius 3 is 2.37 bits per heavy atom. The highest BCUT2D eigenvalue weighted by atomic mass is 16.2. The van der Waals surface area contributed by atoms with Gasteiger partial charge in [0.05, 0.1) is 0 Å². The van der Waals surface area contributed by atoms with Gasteiger partial charge in [-0.1, -0.05) is 36.8 Å². The Morgan fingerprint density at radius 2 is 1.78 bits per heavy atom. The van der Waals surface area contributed by atoms with Crippen LogP contribution < -0.4 is 5.32 Å². The number of aryl methyl sites for hydroxylation is 1. The molecule has 1 aliphatic heterocycles. The number of hydrogen-bond donors (Lipinski definition) is 1. The van der Waals surface area contributed by atoms with E-state index in [0.29, 0.717) is 31.2 Å². The zero-order chi connectivity index (χ0) is 19.2. The molecule has 1 N–H and O–H groups in total. The van der Waals surface area contributed by atoms with Crippen molar-refractivity contribution in [2.24, 2.45) is 5.92 Å². The molecular weight excluding hydrogens is 338 g/mol. The lowest BCUT2D eigenvalue weighted by molar-refractivity contribution is -0.132. The van der Waals surface area contributed by atoms with Gasteiger partial charge < -0.3 is 15.1 Å². The van der Waals surface area contributed by atoms with Gasteiger partial charge in [-0.2, -0.15) is 0 Å². The predicted octanol–water partition coefficient (Wildman–Crippen LogP) is 2.55. The van der Waals surface area contributed by atoms with Gasteiger partial charge in [0.15, 0.2) is 0 Å². The number of carbonyl (C=O) groups excluding carboxylic acids is 2. The average molecular weight is 372 g/mol. The van der Waals surface area contributed by atoms with Crippen LogP contribution in [0.25, 0.3) is 0 Å². The van der Waals surface area contributed by atoms with E-state index in [0.717, 1.165) is 32.7 Å². The summed E-state index contributed by atoms with van der Waals surface area (Å²) in [5.41, 5.74) is 2.51. The van der Waals surface area contributed by atoms with Crippen molar-refractivity contribution in [2.75, 3.05) is 39.3 Å². The zero-order valence-corrected chi connectivity index (χ0v) is 16.7. The lowest BCUT2D eigenvalue weighted by Crippen LogP contribution is -2.49. The van der Waals surface area contributed by atoms with Crippen LogP contribution in [-0.4, -0.2) is 60.9 Å². The lowest BCUT2D eigenvalue weighted by Gasteiger charge is -2.34. The number of rotatable bonds is 8. The average Bonchev–Trinajstić information content (AvgIpc) is 3.52. The topological polar surface area (TPSA) is 52.6 Å². The summed E-state index contributed by atoms with van der Waals surface area (Å²) in [5, 5.41) is 2.97. The summed E-state index contributed by atoms with van der Waals surface area (Å²) in [5.74, 6) is 1.16. The van der Waals surface area contributed by atoms with E-state index < -0.39 is 0 Å². The third-order valence-electron chi connectivity index (χ3n) is 5.94. The molecule has 5 heteroatoms. The summed E-state index contributed by atoms with van der Waals surface area (Å²) in [6, 6.07) is 8.56. The molecule has 0 aromatic heterocycles. The zero-order valence-electron chi connectivity index (χ0n) is 16.7. The molecule has 1 saturated heterocycles. The fourth-order valence-electron chi connectivity index (χ4n) is 3.92. The predicted molar refractivity (Wildman–Crippen MR) is 108 cm³/mol. The molecule has 1 saturated carbocycles. The molecule has 1 aromatic carbocycles. The molecule has 148 valence electrons. The third-order valence-corrected chi connectivity index (χ3v) is 5.94. The summed E-state index contributed by atoms with van der Waals surface area (Å²) in [7, 11) is 0. The molecule has 1 unspecified atom stereocenters. The molecular formula is C22H33N3O2. The van der Waals surface area contributed by atoms with Crippen molar-refractivity contribution in [1.29, 1.82) is 0 Å². The van der Waals surface area contributed by atoms with Gasteiger partial charge in [-0.25, -0.2) is 0 Å². The molecule has 1 heterocycles. The number of amides is 2. The standard InChI is InChI=1S/C22H33N3O2/c1-3-24-12-14-25(15-13-24)22(27)10-11-23-21(26)16-20(19-8-9-19)18-6-4-17(2)5-7-18/h4-7,19-20H,3,8-16H2,1-2H3,(H,23,26). The first-order valence-electron chi connectivity index (χ1n) is 10.4. The molecule has 1 aliphatic carbocycles. The largest absolute Gasteiger partial charge is 0.356 e. The first-order valence-corrected chi connectivity index (χ1v) is 10.4. The minimum atomic E-state index is 0.0658. The minimum Gasteiger partial charge on any atom is -0.356 e.